The fraction of sp³-hybridized carbons (Fsp3) is 0.296. The number of nitrogens with one attached hydrogen (secondary N) is 2. The summed E-state index contributed by atoms with van der Waals surface area (Å²) in [5.74, 6) is 0.0673. The fourth-order valence-corrected chi connectivity index (χ4v) is 5.37. The molecule has 2 N–H and O–H groups in total. The molecule has 0 atom stereocenters. The average Bonchev–Trinajstić information content (AvgIpc) is 3.41. The number of ether oxygens (including phenoxy) is 1. The van der Waals surface area contributed by atoms with Gasteiger partial charge in [0.25, 0.3) is 0 Å². The van der Waals surface area contributed by atoms with Crippen LogP contribution in [0.2, 0.25) is 0 Å². The number of anilines is 3. The van der Waals surface area contributed by atoms with Crippen molar-refractivity contribution in [2.75, 3.05) is 28.6 Å². The number of halogens is 3. The number of amides is 2. The first-order valence-corrected chi connectivity index (χ1v) is 13.8. The molecule has 4 aromatic rings. The van der Waals surface area contributed by atoms with Gasteiger partial charge in [0.2, 0.25) is 16.9 Å². The number of alkyl halides is 3. The third-order valence-electron chi connectivity index (χ3n) is 6.36. The fourth-order valence-electron chi connectivity index (χ4n) is 4.44. The molecule has 42 heavy (non-hydrogen) atoms. The van der Waals surface area contributed by atoms with E-state index in [1.807, 2.05) is 6.07 Å². The first-order valence-electron chi connectivity index (χ1n) is 13.0. The van der Waals surface area contributed by atoms with E-state index in [9.17, 15) is 22.8 Å². The lowest BCUT2D eigenvalue weighted by Gasteiger charge is -2.31. The highest BCUT2D eigenvalue weighted by molar-refractivity contribution is 7.15. The number of carbonyl (C=O) groups excluding carboxylic acids is 2. The number of hydrogen-bond acceptors (Lipinski definition) is 10. The molecule has 5 rings (SSSR count). The van der Waals surface area contributed by atoms with E-state index in [4.69, 9.17) is 0 Å². The van der Waals surface area contributed by atoms with Gasteiger partial charge < -0.3 is 20.3 Å². The van der Waals surface area contributed by atoms with Crippen LogP contribution in [0.4, 0.5) is 29.9 Å². The molecule has 0 bridgehead atoms. The molecular weight excluding hydrogens is 573 g/mol. The standard InChI is InChI=1S/C27H25F3N8O3S/c28-27(29,30)41-20-5-1-3-17(13-20)14-23(39)32-21-6-7-22(35-34-21)38-11-8-19(9-12-38)25-36-37-26(42-25)33-24(40)15-18-4-2-10-31-16-18/h1-7,10,13,16,19H,8-9,11-12,14-15H2,(H,32,34,39)(H,33,37,40). The van der Waals surface area contributed by atoms with Gasteiger partial charge in [-0.15, -0.1) is 33.6 Å². The topological polar surface area (TPSA) is 135 Å². The maximum absolute atomic E-state index is 12.4. The van der Waals surface area contributed by atoms with Gasteiger partial charge in [0.15, 0.2) is 11.6 Å². The molecule has 1 aliphatic heterocycles. The minimum absolute atomic E-state index is 0.159. The van der Waals surface area contributed by atoms with Gasteiger partial charge in [-0.05, 0) is 54.3 Å². The van der Waals surface area contributed by atoms with Crippen molar-refractivity contribution in [1.82, 2.24) is 25.4 Å². The number of piperidine rings is 1. The van der Waals surface area contributed by atoms with Crippen molar-refractivity contribution < 1.29 is 27.5 Å². The van der Waals surface area contributed by atoms with Gasteiger partial charge >= 0.3 is 6.36 Å². The Morgan fingerprint density at radius 3 is 2.40 bits per heavy atom. The van der Waals surface area contributed by atoms with Crippen LogP contribution >= 0.6 is 11.3 Å². The Morgan fingerprint density at radius 1 is 0.929 bits per heavy atom. The van der Waals surface area contributed by atoms with E-state index in [1.165, 1.54) is 29.5 Å². The van der Waals surface area contributed by atoms with Crippen LogP contribution in [-0.4, -0.2) is 56.6 Å². The Kier molecular flexibility index (Phi) is 8.85. The second-order valence-electron chi connectivity index (χ2n) is 9.49. The van der Waals surface area contributed by atoms with Crippen molar-refractivity contribution in [1.29, 1.82) is 0 Å². The van der Waals surface area contributed by atoms with E-state index in [2.05, 4.69) is 45.6 Å². The van der Waals surface area contributed by atoms with Gasteiger partial charge in [-0.2, -0.15) is 0 Å². The van der Waals surface area contributed by atoms with Crippen molar-refractivity contribution in [3.63, 3.8) is 0 Å². The van der Waals surface area contributed by atoms with Crippen LogP contribution in [0.5, 0.6) is 5.75 Å². The molecule has 2 amide bonds. The van der Waals surface area contributed by atoms with Crippen LogP contribution in [0.15, 0.2) is 60.9 Å². The molecule has 1 aliphatic rings. The van der Waals surface area contributed by atoms with E-state index < -0.39 is 18.0 Å². The molecule has 1 saturated heterocycles. The predicted molar refractivity (Wildman–Crippen MR) is 148 cm³/mol. The highest BCUT2D eigenvalue weighted by atomic mass is 32.1. The Bertz CT molecular complexity index is 1510. The Balaban J connectivity index is 1.08. The third-order valence-corrected chi connectivity index (χ3v) is 7.36. The van der Waals surface area contributed by atoms with Gasteiger partial charge in [0, 0.05) is 31.4 Å². The van der Waals surface area contributed by atoms with E-state index in [0.717, 1.165) is 29.5 Å². The van der Waals surface area contributed by atoms with E-state index in [-0.39, 0.29) is 30.5 Å². The lowest BCUT2D eigenvalue weighted by Crippen LogP contribution is -2.33. The molecule has 1 aromatic carbocycles. The SMILES string of the molecule is O=C(Cc1cccc(OC(F)(F)F)c1)Nc1ccc(N2CCC(c3nnc(NC(=O)Cc4cccnc4)s3)CC2)nn1. The number of pyridine rings is 1. The zero-order chi connectivity index (χ0) is 29.5. The van der Waals surface area contributed by atoms with Crippen molar-refractivity contribution in [3.8, 4) is 5.75 Å². The second-order valence-corrected chi connectivity index (χ2v) is 10.5. The number of hydrogen-bond donors (Lipinski definition) is 2. The summed E-state index contributed by atoms with van der Waals surface area (Å²) in [5, 5.41) is 23.5. The highest BCUT2D eigenvalue weighted by Gasteiger charge is 2.31. The van der Waals surface area contributed by atoms with Crippen LogP contribution in [0, 0.1) is 0 Å². The second kappa shape index (κ2) is 12.9. The van der Waals surface area contributed by atoms with E-state index in [1.54, 1.807) is 30.6 Å². The molecule has 15 heteroatoms. The molecule has 0 radical (unpaired) electrons. The molecule has 218 valence electrons. The number of rotatable bonds is 9. The number of carbonyl (C=O) groups is 2. The molecule has 0 saturated carbocycles. The van der Waals surface area contributed by atoms with E-state index >= 15 is 0 Å². The minimum Gasteiger partial charge on any atom is -0.406 e. The zero-order valence-electron chi connectivity index (χ0n) is 22.0. The van der Waals surface area contributed by atoms with Crippen molar-refractivity contribution in [3.05, 3.63) is 77.1 Å². The Labute approximate surface area is 242 Å². The summed E-state index contributed by atoms with van der Waals surface area (Å²) < 4.78 is 41.2. The zero-order valence-corrected chi connectivity index (χ0v) is 22.9. The summed E-state index contributed by atoms with van der Waals surface area (Å²) in [5.41, 5.74) is 1.17. The van der Waals surface area contributed by atoms with Crippen molar-refractivity contribution in [2.24, 2.45) is 0 Å². The molecule has 4 heterocycles. The number of benzene rings is 1. The lowest BCUT2D eigenvalue weighted by molar-refractivity contribution is -0.274. The minimum atomic E-state index is -4.81. The smallest absolute Gasteiger partial charge is 0.406 e. The number of aromatic nitrogens is 5. The van der Waals surface area contributed by atoms with Crippen LogP contribution in [0.3, 0.4) is 0 Å². The van der Waals surface area contributed by atoms with Gasteiger partial charge in [-0.3, -0.25) is 14.6 Å². The van der Waals surface area contributed by atoms with E-state index in [0.29, 0.717) is 29.6 Å². The maximum Gasteiger partial charge on any atom is 0.573 e. The largest absolute Gasteiger partial charge is 0.573 e. The molecule has 11 nitrogen and oxygen atoms in total. The van der Waals surface area contributed by atoms with Gasteiger partial charge in [-0.25, -0.2) is 0 Å². The summed E-state index contributed by atoms with van der Waals surface area (Å²) in [6, 6.07) is 12.2. The molecule has 0 unspecified atom stereocenters. The highest BCUT2D eigenvalue weighted by Crippen LogP contribution is 2.33. The molecular formula is C27H25F3N8O3S. The summed E-state index contributed by atoms with van der Waals surface area (Å²) in [7, 11) is 0. The van der Waals surface area contributed by atoms with Crippen LogP contribution in [-0.2, 0) is 22.4 Å². The van der Waals surface area contributed by atoms with Crippen molar-refractivity contribution >= 4 is 39.9 Å². The predicted octanol–water partition coefficient (Wildman–Crippen LogP) is 4.37. The van der Waals surface area contributed by atoms with Crippen LogP contribution < -0.4 is 20.3 Å². The van der Waals surface area contributed by atoms with Crippen molar-refractivity contribution in [2.45, 2.75) is 38.0 Å². The molecule has 0 aliphatic carbocycles. The lowest BCUT2D eigenvalue weighted by atomic mass is 9.98. The Morgan fingerprint density at radius 2 is 1.69 bits per heavy atom. The van der Waals surface area contributed by atoms with Crippen LogP contribution in [0.1, 0.15) is 34.9 Å². The molecule has 0 spiro atoms. The quantitative estimate of drug-likeness (QED) is 0.288. The summed E-state index contributed by atoms with van der Waals surface area (Å²) in [6.45, 7) is 1.42. The maximum atomic E-state index is 12.4. The van der Waals surface area contributed by atoms with Crippen LogP contribution in [0.25, 0.3) is 0 Å². The average molecular weight is 599 g/mol. The summed E-state index contributed by atoms with van der Waals surface area (Å²) in [4.78, 5) is 30.8. The third kappa shape index (κ3) is 8.19. The summed E-state index contributed by atoms with van der Waals surface area (Å²) in [6.07, 6.45) is 0.172. The molecule has 3 aromatic heterocycles. The van der Waals surface area contributed by atoms with Gasteiger partial charge in [0.1, 0.15) is 10.8 Å². The first-order chi connectivity index (χ1) is 20.2. The molecule has 1 fully saturated rings. The Hall–Kier alpha value is -4.66. The van der Waals surface area contributed by atoms with Gasteiger partial charge in [0.05, 0.1) is 12.8 Å². The monoisotopic (exact) mass is 598 g/mol. The number of nitrogens with zero attached hydrogens (tertiary/aromatic N) is 6. The van der Waals surface area contributed by atoms with Gasteiger partial charge in [-0.1, -0.05) is 29.5 Å². The summed E-state index contributed by atoms with van der Waals surface area (Å²) >= 11 is 1.37. The normalized spacial score (nSPS) is 13.9. The first kappa shape index (κ1) is 28.9.